The molecule has 0 spiro atoms. The molecule has 0 aromatic rings. The Hall–Kier alpha value is -1.10. The smallest absolute Gasteiger partial charge is 0.320 e. The number of rotatable bonds is 7. The maximum absolute atomic E-state index is 10.9. The zero-order valence-corrected chi connectivity index (χ0v) is 9.54. The standard InChI is InChI=1S/C10H20N2O3/c1-7(2)6-8(10(14)15)12-5-4-9(13)11-3/h7-8,12H,4-6H2,1-3H3,(H,11,13)(H,14,15). The minimum absolute atomic E-state index is 0.0869. The monoisotopic (exact) mass is 216 g/mol. The van der Waals surface area contributed by atoms with Crippen LogP contribution in [0.5, 0.6) is 0 Å². The van der Waals surface area contributed by atoms with Gasteiger partial charge in [0, 0.05) is 20.0 Å². The third-order valence-corrected chi connectivity index (χ3v) is 2.03. The molecule has 0 aliphatic carbocycles. The zero-order chi connectivity index (χ0) is 11.8. The van der Waals surface area contributed by atoms with Gasteiger partial charge in [-0.2, -0.15) is 0 Å². The lowest BCUT2D eigenvalue weighted by molar-refractivity contribution is -0.140. The molecule has 0 aliphatic heterocycles. The van der Waals surface area contributed by atoms with Gasteiger partial charge >= 0.3 is 5.97 Å². The van der Waals surface area contributed by atoms with Crippen LogP contribution in [0.1, 0.15) is 26.7 Å². The van der Waals surface area contributed by atoms with Crippen molar-refractivity contribution in [1.82, 2.24) is 10.6 Å². The number of hydrogen-bond donors (Lipinski definition) is 3. The molecule has 88 valence electrons. The molecular formula is C10H20N2O3. The second kappa shape index (κ2) is 7.23. The molecule has 0 saturated heterocycles. The Morgan fingerprint density at radius 2 is 1.93 bits per heavy atom. The summed E-state index contributed by atoms with van der Waals surface area (Å²) in [6, 6.07) is -0.561. The largest absolute Gasteiger partial charge is 0.480 e. The Kier molecular flexibility index (Phi) is 6.70. The van der Waals surface area contributed by atoms with Gasteiger partial charge in [0.1, 0.15) is 6.04 Å². The summed E-state index contributed by atoms with van der Waals surface area (Å²) in [5.41, 5.74) is 0. The third kappa shape index (κ3) is 6.90. The first-order valence-electron chi connectivity index (χ1n) is 5.14. The molecule has 0 radical (unpaired) electrons. The van der Waals surface area contributed by atoms with E-state index < -0.39 is 12.0 Å². The minimum Gasteiger partial charge on any atom is -0.480 e. The number of nitrogens with one attached hydrogen (secondary N) is 2. The zero-order valence-electron chi connectivity index (χ0n) is 9.54. The fraction of sp³-hybridized carbons (Fsp3) is 0.800. The molecule has 0 aromatic carbocycles. The summed E-state index contributed by atoms with van der Waals surface area (Å²) in [6.07, 6.45) is 0.876. The van der Waals surface area contributed by atoms with Crippen LogP contribution in [-0.4, -0.2) is 36.6 Å². The van der Waals surface area contributed by atoms with Crippen molar-refractivity contribution in [2.45, 2.75) is 32.7 Å². The highest BCUT2D eigenvalue weighted by Gasteiger charge is 2.17. The van der Waals surface area contributed by atoms with E-state index in [9.17, 15) is 9.59 Å². The second-order valence-electron chi connectivity index (χ2n) is 3.90. The van der Waals surface area contributed by atoms with Gasteiger partial charge < -0.3 is 15.7 Å². The van der Waals surface area contributed by atoms with Gasteiger partial charge in [-0.25, -0.2) is 0 Å². The minimum atomic E-state index is -0.861. The molecule has 3 N–H and O–H groups in total. The first kappa shape index (κ1) is 13.9. The molecule has 15 heavy (non-hydrogen) atoms. The Morgan fingerprint density at radius 3 is 2.33 bits per heavy atom. The molecule has 0 aromatic heterocycles. The molecule has 1 amide bonds. The molecule has 0 saturated carbocycles. The van der Waals surface area contributed by atoms with Crippen LogP contribution in [0, 0.1) is 5.92 Å². The van der Waals surface area contributed by atoms with Crippen molar-refractivity contribution in [3.63, 3.8) is 0 Å². The van der Waals surface area contributed by atoms with Gasteiger partial charge in [0.15, 0.2) is 0 Å². The van der Waals surface area contributed by atoms with Crippen molar-refractivity contribution in [1.29, 1.82) is 0 Å². The predicted octanol–water partition coefficient (Wildman–Crippen LogP) is 0.211. The van der Waals surface area contributed by atoms with Gasteiger partial charge in [0.05, 0.1) is 0 Å². The highest BCUT2D eigenvalue weighted by molar-refractivity contribution is 5.76. The number of carbonyl (C=O) groups is 2. The first-order chi connectivity index (χ1) is 6.97. The van der Waals surface area contributed by atoms with E-state index in [1.54, 1.807) is 7.05 Å². The van der Waals surface area contributed by atoms with Crippen LogP contribution in [0.4, 0.5) is 0 Å². The van der Waals surface area contributed by atoms with Crippen LogP contribution in [0.25, 0.3) is 0 Å². The number of aliphatic carboxylic acids is 1. The van der Waals surface area contributed by atoms with Gasteiger partial charge in [-0.05, 0) is 12.3 Å². The summed E-state index contributed by atoms with van der Waals surface area (Å²) in [6.45, 7) is 4.33. The predicted molar refractivity (Wildman–Crippen MR) is 57.6 cm³/mol. The van der Waals surface area contributed by atoms with Gasteiger partial charge in [-0.3, -0.25) is 9.59 Å². The maximum Gasteiger partial charge on any atom is 0.320 e. The van der Waals surface area contributed by atoms with Crippen molar-refractivity contribution in [3.8, 4) is 0 Å². The lowest BCUT2D eigenvalue weighted by Crippen LogP contribution is -2.39. The van der Waals surface area contributed by atoms with Crippen LogP contribution in [0.2, 0.25) is 0 Å². The lowest BCUT2D eigenvalue weighted by atomic mass is 10.0. The van der Waals surface area contributed by atoms with Crippen LogP contribution >= 0.6 is 0 Å². The molecule has 1 unspecified atom stereocenters. The van der Waals surface area contributed by atoms with Crippen molar-refractivity contribution in [2.24, 2.45) is 5.92 Å². The van der Waals surface area contributed by atoms with E-state index in [4.69, 9.17) is 5.11 Å². The Labute approximate surface area is 90.2 Å². The van der Waals surface area contributed by atoms with Gasteiger partial charge in [-0.15, -0.1) is 0 Å². The molecular weight excluding hydrogens is 196 g/mol. The van der Waals surface area contributed by atoms with Crippen LogP contribution in [0.15, 0.2) is 0 Å². The quantitative estimate of drug-likeness (QED) is 0.568. The van der Waals surface area contributed by atoms with E-state index in [1.807, 2.05) is 13.8 Å². The number of carboxylic acid groups (broad SMARTS) is 1. The van der Waals surface area contributed by atoms with Crippen molar-refractivity contribution in [3.05, 3.63) is 0 Å². The average Bonchev–Trinajstić information content (AvgIpc) is 2.15. The molecule has 0 aliphatic rings. The average molecular weight is 216 g/mol. The van der Waals surface area contributed by atoms with E-state index in [2.05, 4.69) is 10.6 Å². The van der Waals surface area contributed by atoms with E-state index in [0.717, 1.165) is 0 Å². The van der Waals surface area contributed by atoms with Gasteiger partial charge in [0.25, 0.3) is 0 Å². The van der Waals surface area contributed by atoms with Crippen LogP contribution in [0.3, 0.4) is 0 Å². The van der Waals surface area contributed by atoms with E-state index in [1.165, 1.54) is 0 Å². The maximum atomic E-state index is 10.9. The molecule has 0 rings (SSSR count). The summed E-state index contributed by atoms with van der Waals surface area (Å²) < 4.78 is 0. The van der Waals surface area contributed by atoms with Gasteiger partial charge in [0.2, 0.25) is 5.91 Å². The molecule has 5 heteroatoms. The number of hydrogen-bond acceptors (Lipinski definition) is 3. The van der Waals surface area contributed by atoms with E-state index >= 15 is 0 Å². The highest BCUT2D eigenvalue weighted by atomic mass is 16.4. The number of amides is 1. The lowest BCUT2D eigenvalue weighted by Gasteiger charge is -2.15. The molecule has 0 fully saturated rings. The second-order valence-corrected chi connectivity index (χ2v) is 3.90. The SMILES string of the molecule is CNC(=O)CCNC(CC(C)C)C(=O)O. The topological polar surface area (TPSA) is 78.4 Å². The molecule has 1 atom stereocenters. The summed E-state index contributed by atoms with van der Waals surface area (Å²) in [5, 5.41) is 14.2. The van der Waals surface area contributed by atoms with Crippen LogP contribution < -0.4 is 10.6 Å². The Morgan fingerprint density at radius 1 is 1.33 bits per heavy atom. The van der Waals surface area contributed by atoms with Crippen molar-refractivity contribution >= 4 is 11.9 Å². The summed E-state index contributed by atoms with van der Waals surface area (Å²) in [4.78, 5) is 21.7. The summed E-state index contributed by atoms with van der Waals surface area (Å²) >= 11 is 0. The molecule has 5 nitrogen and oxygen atoms in total. The Balaban J connectivity index is 3.86. The first-order valence-corrected chi connectivity index (χ1v) is 5.14. The number of carbonyl (C=O) groups excluding carboxylic acids is 1. The van der Waals surface area contributed by atoms with Crippen molar-refractivity contribution in [2.75, 3.05) is 13.6 Å². The van der Waals surface area contributed by atoms with Gasteiger partial charge in [-0.1, -0.05) is 13.8 Å². The molecule has 0 bridgehead atoms. The van der Waals surface area contributed by atoms with E-state index in [-0.39, 0.29) is 5.91 Å². The molecule has 0 heterocycles. The highest BCUT2D eigenvalue weighted by Crippen LogP contribution is 2.04. The normalized spacial score (nSPS) is 12.5. The van der Waals surface area contributed by atoms with E-state index in [0.29, 0.717) is 25.3 Å². The van der Waals surface area contributed by atoms with Crippen molar-refractivity contribution < 1.29 is 14.7 Å². The summed E-state index contributed by atoms with van der Waals surface area (Å²) in [7, 11) is 1.56. The number of carboxylic acids is 1. The fourth-order valence-electron chi connectivity index (χ4n) is 1.23. The third-order valence-electron chi connectivity index (χ3n) is 2.03. The van der Waals surface area contributed by atoms with Crippen LogP contribution in [-0.2, 0) is 9.59 Å². The summed E-state index contributed by atoms with van der Waals surface area (Å²) in [5.74, 6) is -0.629. The Bertz CT molecular complexity index is 217. The fourth-order valence-corrected chi connectivity index (χ4v) is 1.23.